The van der Waals surface area contributed by atoms with E-state index < -0.39 is 6.10 Å². The van der Waals surface area contributed by atoms with Crippen LogP contribution >= 0.6 is 0 Å². The highest BCUT2D eigenvalue weighted by atomic mass is 16.5. The topological polar surface area (TPSA) is 87.5 Å². The lowest BCUT2D eigenvalue weighted by Gasteiger charge is -2.16. The SMILES string of the molecule is CCn1nc(C)c2c(-c3ccccc3)cc(OC(C)C(=O)Nc3cc(OC)cc(OC)c3)nc21. The van der Waals surface area contributed by atoms with Crippen LogP contribution in [0.4, 0.5) is 5.69 Å². The van der Waals surface area contributed by atoms with Gasteiger partial charge in [-0.1, -0.05) is 30.3 Å². The van der Waals surface area contributed by atoms with Crippen LogP contribution in [0.5, 0.6) is 17.4 Å². The van der Waals surface area contributed by atoms with Crippen molar-refractivity contribution in [1.82, 2.24) is 14.8 Å². The van der Waals surface area contributed by atoms with Crippen LogP contribution in [0.15, 0.2) is 54.6 Å². The average molecular weight is 461 g/mol. The molecule has 0 saturated carbocycles. The number of aryl methyl sites for hydroxylation is 2. The fraction of sp³-hybridized carbons (Fsp3) is 0.269. The summed E-state index contributed by atoms with van der Waals surface area (Å²) in [4.78, 5) is 17.6. The van der Waals surface area contributed by atoms with Gasteiger partial charge >= 0.3 is 0 Å². The lowest BCUT2D eigenvalue weighted by molar-refractivity contribution is -0.122. The molecule has 0 bridgehead atoms. The largest absolute Gasteiger partial charge is 0.497 e. The van der Waals surface area contributed by atoms with Crippen molar-refractivity contribution in [3.63, 3.8) is 0 Å². The first-order valence-corrected chi connectivity index (χ1v) is 11.1. The molecule has 0 radical (unpaired) electrons. The van der Waals surface area contributed by atoms with Gasteiger partial charge in [0.05, 0.1) is 25.3 Å². The lowest BCUT2D eigenvalue weighted by Crippen LogP contribution is -2.30. The standard InChI is InChI=1S/C26H28N4O4/c1-6-30-25-24(16(2)29-30)22(18-10-8-7-9-11-18)15-23(28-25)34-17(3)26(31)27-19-12-20(32-4)14-21(13-19)33-5/h7-15,17H,6H2,1-5H3,(H,27,31). The summed E-state index contributed by atoms with van der Waals surface area (Å²) in [6.45, 7) is 6.34. The summed E-state index contributed by atoms with van der Waals surface area (Å²) < 4.78 is 18.4. The molecule has 1 atom stereocenters. The van der Waals surface area contributed by atoms with Gasteiger partial charge in [-0.25, -0.2) is 4.68 Å². The number of ether oxygens (including phenoxy) is 3. The number of pyridine rings is 1. The van der Waals surface area contributed by atoms with Gasteiger partial charge in [-0.15, -0.1) is 0 Å². The minimum Gasteiger partial charge on any atom is -0.497 e. The van der Waals surface area contributed by atoms with Gasteiger partial charge in [0.25, 0.3) is 5.91 Å². The molecule has 1 N–H and O–H groups in total. The van der Waals surface area contributed by atoms with E-state index in [9.17, 15) is 4.79 Å². The Hall–Kier alpha value is -4.07. The number of anilines is 1. The molecule has 4 rings (SSSR count). The fourth-order valence-electron chi connectivity index (χ4n) is 3.81. The summed E-state index contributed by atoms with van der Waals surface area (Å²) in [6, 6.07) is 17.0. The Balaban J connectivity index is 1.64. The molecule has 2 heterocycles. The maximum Gasteiger partial charge on any atom is 0.265 e. The zero-order valence-corrected chi connectivity index (χ0v) is 20.0. The molecule has 0 saturated heterocycles. The molecule has 8 nitrogen and oxygen atoms in total. The highest BCUT2D eigenvalue weighted by Gasteiger charge is 2.20. The third-order valence-corrected chi connectivity index (χ3v) is 5.52. The van der Waals surface area contributed by atoms with Crippen LogP contribution in [0.2, 0.25) is 0 Å². The number of hydrogen-bond acceptors (Lipinski definition) is 6. The van der Waals surface area contributed by atoms with E-state index in [1.807, 2.05) is 54.9 Å². The van der Waals surface area contributed by atoms with E-state index in [4.69, 9.17) is 19.2 Å². The Morgan fingerprint density at radius 3 is 2.35 bits per heavy atom. The second-order valence-corrected chi connectivity index (χ2v) is 7.82. The number of benzene rings is 2. The number of carbonyl (C=O) groups excluding carboxylic acids is 1. The third kappa shape index (κ3) is 4.66. The van der Waals surface area contributed by atoms with Crippen molar-refractivity contribution in [2.75, 3.05) is 19.5 Å². The van der Waals surface area contributed by atoms with Gasteiger partial charge in [0.2, 0.25) is 5.88 Å². The van der Waals surface area contributed by atoms with Crippen molar-refractivity contribution in [2.24, 2.45) is 0 Å². The van der Waals surface area contributed by atoms with E-state index in [1.165, 1.54) is 0 Å². The summed E-state index contributed by atoms with van der Waals surface area (Å²) >= 11 is 0. The Bertz CT molecular complexity index is 1300. The molecule has 0 fully saturated rings. The first-order valence-electron chi connectivity index (χ1n) is 11.1. The number of fused-ring (bicyclic) bond motifs is 1. The number of nitrogens with one attached hydrogen (secondary N) is 1. The van der Waals surface area contributed by atoms with E-state index in [2.05, 4.69) is 10.4 Å². The Labute approximate surface area is 198 Å². The number of rotatable bonds is 8. The van der Waals surface area contributed by atoms with Gasteiger partial charge in [-0.3, -0.25) is 4.79 Å². The van der Waals surface area contributed by atoms with Crippen molar-refractivity contribution in [3.8, 4) is 28.5 Å². The smallest absolute Gasteiger partial charge is 0.265 e. The molecule has 8 heteroatoms. The second kappa shape index (κ2) is 9.82. The summed E-state index contributed by atoms with van der Waals surface area (Å²) in [5.41, 5.74) is 4.15. The minimum atomic E-state index is -0.801. The number of aromatic nitrogens is 3. The molecule has 176 valence electrons. The molecule has 0 aliphatic rings. The van der Waals surface area contributed by atoms with Crippen molar-refractivity contribution < 1.29 is 19.0 Å². The van der Waals surface area contributed by atoms with Crippen molar-refractivity contribution in [3.05, 3.63) is 60.3 Å². The van der Waals surface area contributed by atoms with Crippen LogP contribution in [0.25, 0.3) is 22.2 Å². The zero-order chi connectivity index (χ0) is 24.2. The quantitative estimate of drug-likeness (QED) is 0.404. The zero-order valence-electron chi connectivity index (χ0n) is 20.0. The maximum atomic E-state index is 12.9. The molecule has 2 aromatic heterocycles. The first-order chi connectivity index (χ1) is 16.4. The summed E-state index contributed by atoms with van der Waals surface area (Å²) in [6.07, 6.45) is -0.801. The number of carbonyl (C=O) groups is 1. The lowest BCUT2D eigenvalue weighted by atomic mass is 10.0. The van der Waals surface area contributed by atoms with Gasteiger partial charge in [-0.2, -0.15) is 10.1 Å². The molecular weight excluding hydrogens is 432 g/mol. The van der Waals surface area contributed by atoms with E-state index in [0.717, 1.165) is 27.9 Å². The van der Waals surface area contributed by atoms with Crippen LogP contribution in [0.3, 0.4) is 0 Å². The van der Waals surface area contributed by atoms with Crippen LogP contribution < -0.4 is 19.5 Å². The number of amides is 1. The minimum absolute atomic E-state index is 0.321. The van der Waals surface area contributed by atoms with E-state index in [1.54, 1.807) is 39.3 Å². The van der Waals surface area contributed by atoms with Gasteiger partial charge in [0.15, 0.2) is 11.8 Å². The van der Waals surface area contributed by atoms with E-state index >= 15 is 0 Å². The summed E-state index contributed by atoms with van der Waals surface area (Å²) in [7, 11) is 3.11. The highest BCUT2D eigenvalue weighted by molar-refractivity contribution is 5.96. The van der Waals surface area contributed by atoms with Crippen molar-refractivity contribution >= 4 is 22.6 Å². The summed E-state index contributed by atoms with van der Waals surface area (Å²) in [5.74, 6) is 1.18. The molecule has 1 unspecified atom stereocenters. The number of hydrogen-bond donors (Lipinski definition) is 1. The van der Waals surface area contributed by atoms with Crippen LogP contribution in [0, 0.1) is 6.92 Å². The Kier molecular flexibility index (Phi) is 6.67. The van der Waals surface area contributed by atoms with Crippen LogP contribution in [-0.2, 0) is 11.3 Å². The molecule has 34 heavy (non-hydrogen) atoms. The average Bonchev–Trinajstić information content (AvgIpc) is 3.19. The Morgan fingerprint density at radius 2 is 1.74 bits per heavy atom. The van der Waals surface area contributed by atoms with Crippen LogP contribution in [-0.4, -0.2) is 41.0 Å². The molecule has 2 aromatic carbocycles. The molecule has 0 aliphatic carbocycles. The molecule has 0 spiro atoms. The van der Waals surface area contributed by atoms with E-state index in [0.29, 0.717) is 29.6 Å². The predicted molar refractivity (Wildman–Crippen MR) is 132 cm³/mol. The molecule has 0 aliphatic heterocycles. The van der Waals surface area contributed by atoms with Crippen molar-refractivity contribution in [2.45, 2.75) is 33.4 Å². The summed E-state index contributed by atoms with van der Waals surface area (Å²) in [5, 5.41) is 8.46. The van der Waals surface area contributed by atoms with E-state index in [-0.39, 0.29) is 5.91 Å². The fourth-order valence-corrected chi connectivity index (χ4v) is 3.81. The monoisotopic (exact) mass is 460 g/mol. The molecule has 4 aromatic rings. The van der Waals surface area contributed by atoms with Gasteiger partial charge in [0.1, 0.15) is 11.5 Å². The second-order valence-electron chi connectivity index (χ2n) is 7.82. The molecular formula is C26H28N4O4. The third-order valence-electron chi connectivity index (χ3n) is 5.52. The van der Waals surface area contributed by atoms with Crippen molar-refractivity contribution in [1.29, 1.82) is 0 Å². The maximum absolute atomic E-state index is 12.9. The number of nitrogens with zero attached hydrogens (tertiary/aromatic N) is 3. The Morgan fingerprint density at radius 1 is 1.06 bits per heavy atom. The predicted octanol–water partition coefficient (Wildman–Crippen LogP) is 4.85. The first kappa shape index (κ1) is 23.1. The highest BCUT2D eigenvalue weighted by Crippen LogP contribution is 2.33. The van der Waals surface area contributed by atoms with Gasteiger partial charge < -0.3 is 19.5 Å². The normalized spacial score (nSPS) is 11.8. The van der Waals surface area contributed by atoms with Gasteiger partial charge in [-0.05, 0) is 31.9 Å². The van der Waals surface area contributed by atoms with Gasteiger partial charge in [0, 0.05) is 36.5 Å². The molecule has 1 amide bonds. The number of methoxy groups -OCH3 is 2. The van der Waals surface area contributed by atoms with Crippen LogP contribution in [0.1, 0.15) is 19.5 Å².